The molecule has 0 N–H and O–H groups in total. The van der Waals surface area contributed by atoms with Crippen LogP contribution in [0.1, 0.15) is 63.7 Å². The minimum absolute atomic E-state index is 0.675. The van der Waals surface area contributed by atoms with Gasteiger partial charge in [-0.1, -0.05) is 27.7 Å². The Morgan fingerprint density at radius 3 is 1.67 bits per heavy atom. The van der Waals surface area contributed by atoms with Crippen LogP contribution in [0.4, 0.5) is 0 Å². The number of rotatable bonds is 1. The molecule has 15 heavy (non-hydrogen) atoms. The maximum atomic E-state index is 4.38. The van der Waals surface area contributed by atoms with Crippen LogP contribution >= 0.6 is 0 Å². The maximum absolute atomic E-state index is 4.38. The zero-order valence-electron chi connectivity index (χ0n) is 11.0. The molecular weight excluding hydrogens is 184 g/mol. The second-order valence-electron chi connectivity index (χ2n) is 3.28. The first kappa shape index (κ1) is 14.1. The van der Waals surface area contributed by atoms with Crippen LogP contribution in [-0.4, -0.2) is 9.97 Å². The van der Waals surface area contributed by atoms with Gasteiger partial charge in [0.15, 0.2) is 0 Å². The van der Waals surface area contributed by atoms with Crippen molar-refractivity contribution in [3.63, 3.8) is 0 Å². The van der Waals surface area contributed by atoms with Gasteiger partial charge in [0, 0.05) is 17.3 Å². The van der Waals surface area contributed by atoms with Gasteiger partial charge in [-0.05, 0) is 32.8 Å². The lowest BCUT2D eigenvalue weighted by molar-refractivity contribution is 0.886. The largest absolute Gasteiger partial charge is 0.238 e. The Morgan fingerprint density at radius 2 is 1.33 bits per heavy atom. The number of hydrogen-bond donors (Lipinski definition) is 0. The Labute approximate surface area is 94.2 Å². The van der Waals surface area contributed by atoms with Crippen molar-refractivity contribution in [2.24, 2.45) is 0 Å². The smallest absolute Gasteiger partial charge is 0.131 e. The molecule has 0 radical (unpaired) electrons. The number of aryl methyl sites for hydroxylation is 2. The molecule has 0 atom stereocenters. The van der Waals surface area contributed by atoms with Crippen molar-refractivity contribution >= 4 is 0 Å². The summed E-state index contributed by atoms with van der Waals surface area (Å²) >= 11 is 0. The highest BCUT2D eigenvalue weighted by atomic mass is 14.9. The Hall–Kier alpha value is -0.920. The van der Waals surface area contributed by atoms with E-state index in [-0.39, 0.29) is 0 Å². The monoisotopic (exact) mass is 208 g/mol. The van der Waals surface area contributed by atoms with Crippen molar-refractivity contribution in [1.82, 2.24) is 9.97 Å². The van der Waals surface area contributed by atoms with E-state index in [9.17, 15) is 0 Å². The van der Waals surface area contributed by atoms with E-state index >= 15 is 0 Å². The van der Waals surface area contributed by atoms with E-state index in [1.54, 1.807) is 0 Å². The SMILES string of the molecule is CC.CC.Cc1cc(C)nc(C2CC2)n1. The zero-order chi connectivity index (χ0) is 11.8. The first-order valence-electron chi connectivity index (χ1n) is 6.08. The average Bonchev–Trinajstić information content (AvgIpc) is 3.06. The summed E-state index contributed by atoms with van der Waals surface area (Å²) in [5.74, 6) is 1.73. The molecule has 1 aromatic heterocycles. The van der Waals surface area contributed by atoms with Crippen molar-refractivity contribution in [2.75, 3.05) is 0 Å². The van der Waals surface area contributed by atoms with Gasteiger partial charge >= 0.3 is 0 Å². The lowest BCUT2D eigenvalue weighted by atomic mass is 10.3. The standard InChI is InChI=1S/C9H12N2.2C2H6/c1-6-5-7(2)11-9(10-6)8-3-4-8;2*1-2/h5,8H,3-4H2,1-2H3;2*1-2H3. The van der Waals surface area contributed by atoms with Gasteiger partial charge in [0.25, 0.3) is 0 Å². The third-order valence-corrected chi connectivity index (χ3v) is 1.94. The van der Waals surface area contributed by atoms with Crippen LogP contribution in [0.15, 0.2) is 6.07 Å². The van der Waals surface area contributed by atoms with Crippen LogP contribution in [0.25, 0.3) is 0 Å². The van der Waals surface area contributed by atoms with E-state index < -0.39 is 0 Å². The third-order valence-electron chi connectivity index (χ3n) is 1.94. The highest BCUT2D eigenvalue weighted by Crippen LogP contribution is 2.37. The summed E-state index contributed by atoms with van der Waals surface area (Å²) in [5.41, 5.74) is 2.19. The summed E-state index contributed by atoms with van der Waals surface area (Å²) in [5, 5.41) is 0. The van der Waals surface area contributed by atoms with Crippen LogP contribution in [0.5, 0.6) is 0 Å². The van der Waals surface area contributed by atoms with Gasteiger partial charge < -0.3 is 0 Å². The Kier molecular flexibility index (Phi) is 6.93. The summed E-state index contributed by atoms with van der Waals surface area (Å²) in [7, 11) is 0. The molecule has 0 unspecified atom stereocenters. The van der Waals surface area contributed by atoms with Crippen LogP contribution in [0, 0.1) is 13.8 Å². The van der Waals surface area contributed by atoms with Crippen molar-refractivity contribution in [1.29, 1.82) is 0 Å². The molecule has 2 heteroatoms. The van der Waals surface area contributed by atoms with Gasteiger partial charge in [-0.25, -0.2) is 9.97 Å². The summed E-state index contributed by atoms with van der Waals surface area (Å²) in [6.07, 6.45) is 2.56. The molecule has 1 saturated carbocycles. The van der Waals surface area contributed by atoms with Crippen molar-refractivity contribution in [3.05, 3.63) is 23.3 Å². The van der Waals surface area contributed by atoms with Crippen molar-refractivity contribution in [2.45, 2.75) is 60.3 Å². The highest BCUT2D eigenvalue weighted by molar-refractivity contribution is 5.13. The minimum atomic E-state index is 0.675. The van der Waals surface area contributed by atoms with E-state index in [0.717, 1.165) is 17.2 Å². The normalized spacial score (nSPS) is 13.2. The Morgan fingerprint density at radius 1 is 0.933 bits per heavy atom. The van der Waals surface area contributed by atoms with Gasteiger partial charge in [0.05, 0.1) is 0 Å². The summed E-state index contributed by atoms with van der Waals surface area (Å²) < 4.78 is 0. The molecule has 1 aromatic rings. The highest BCUT2D eigenvalue weighted by Gasteiger charge is 2.26. The quantitative estimate of drug-likeness (QED) is 0.696. The molecule has 2 rings (SSSR count). The van der Waals surface area contributed by atoms with Gasteiger partial charge in [0.2, 0.25) is 0 Å². The molecule has 1 fully saturated rings. The third kappa shape index (κ3) is 4.91. The van der Waals surface area contributed by atoms with Crippen LogP contribution in [-0.2, 0) is 0 Å². The second-order valence-corrected chi connectivity index (χ2v) is 3.28. The number of nitrogens with zero attached hydrogens (tertiary/aromatic N) is 2. The number of hydrogen-bond acceptors (Lipinski definition) is 2. The first-order valence-corrected chi connectivity index (χ1v) is 6.08. The second kappa shape index (κ2) is 7.38. The predicted molar refractivity (Wildman–Crippen MR) is 66.2 cm³/mol. The lowest BCUT2D eigenvalue weighted by Gasteiger charge is -1.99. The molecule has 86 valence electrons. The predicted octanol–water partition coefficient (Wildman–Crippen LogP) is 4.02. The topological polar surface area (TPSA) is 25.8 Å². The van der Waals surface area contributed by atoms with E-state index in [2.05, 4.69) is 9.97 Å². The van der Waals surface area contributed by atoms with Crippen LogP contribution in [0.2, 0.25) is 0 Å². The molecule has 0 saturated heterocycles. The molecule has 2 nitrogen and oxygen atoms in total. The first-order chi connectivity index (χ1) is 7.25. The molecule has 0 spiro atoms. The number of aromatic nitrogens is 2. The average molecular weight is 208 g/mol. The van der Waals surface area contributed by atoms with Gasteiger partial charge in [-0.3, -0.25) is 0 Å². The zero-order valence-corrected chi connectivity index (χ0v) is 11.0. The van der Waals surface area contributed by atoms with E-state index in [4.69, 9.17) is 0 Å². The minimum Gasteiger partial charge on any atom is -0.238 e. The van der Waals surface area contributed by atoms with Gasteiger partial charge in [0.1, 0.15) is 5.82 Å². The summed E-state index contributed by atoms with van der Waals surface area (Å²) in [6, 6.07) is 2.02. The van der Waals surface area contributed by atoms with E-state index in [1.165, 1.54) is 12.8 Å². The van der Waals surface area contributed by atoms with E-state index in [0.29, 0.717) is 5.92 Å². The van der Waals surface area contributed by atoms with Crippen LogP contribution in [0.3, 0.4) is 0 Å². The van der Waals surface area contributed by atoms with Crippen molar-refractivity contribution < 1.29 is 0 Å². The van der Waals surface area contributed by atoms with Gasteiger partial charge in [-0.2, -0.15) is 0 Å². The summed E-state index contributed by atoms with van der Waals surface area (Å²) in [6.45, 7) is 12.1. The van der Waals surface area contributed by atoms with Crippen molar-refractivity contribution in [3.8, 4) is 0 Å². The fourth-order valence-corrected chi connectivity index (χ4v) is 1.28. The maximum Gasteiger partial charge on any atom is 0.131 e. The Balaban J connectivity index is 0.000000442. The Bertz CT molecular complexity index is 258. The molecule has 1 aliphatic carbocycles. The molecule has 0 aliphatic heterocycles. The molecule has 0 amide bonds. The molecular formula is C13H24N2. The fourth-order valence-electron chi connectivity index (χ4n) is 1.28. The molecule has 1 heterocycles. The van der Waals surface area contributed by atoms with E-state index in [1.807, 2.05) is 47.6 Å². The van der Waals surface area contributed by atoms with Gasteiger partial charge in [-0.15, -0.1) is 0 Å². The lowest BCUT2D eigenvalue weighted by Crippen LogP contribution is -1.96. The van der Waals surface area contributed by atoms with Crippen LogP contribution < -0.4 is 0 Å². The summed E-state index contributed by atoms with van der Waals surface area (Å²) in [4.78, 5) is 8.77. The fraction of sp³-hybridized carbons (Fsp3) is 0.692. The molecule has 0 aromatic carbocycles. The molecule has 0 bridgehead atoms. The molecule has 1 aliphatic rings.